The van der Waals surface area contributed by atoms with Gasteiger partial charge in [0.1, 0.15) is 5.65 Å². The van der Waals surface area contributed by atoms with Crippen molar-refractivity contribution in [1.29, 1.82) is 0 Å². The van der Waals surface area contributed by atoms with E-state index < -0.39 is 17.3 Å². The van der Waals surface area contributed by atoms with Gasteiger partial charge < -0.3 is 25.0 Å². The van der Waals surface area contributed by atoms with E-state index in [4.69, 9.17) is 4.74 Å². The number of carbonyl (C=O) groups is 2. The number of H-pyrrole nitrogens is 1. The number of nitrogens with one attached hydrogen (secondary N) is 2. The molecule has 3 N–H and O–H groups in total. The molecular weight excluding hydrogens is 372 g/mol. The maximum Gasteiger partial charge on any atom is 0.345 e. The minimum atomic E-state index is -1.36. The van der Waals surface area contributed by atoms with Crippen molar-refractivity contribution in [3.63, 3.8) is 0 Å². The number of carboxylic acids is 1. The zero-order chi connectivity index (χ0) is 20.5. The molecule has 29 heavy (non-hydrogen) atoms. The number of ether oxygens (including phenoxy) is 1. The third kappa shape index (κ3) is 3.43. The van der Waals surface area contributed by atoms with Gasteiger partial charge in [-0.15, -0.1) is 0 Å². The molecule has 8 heteroatoms. The van der Waals surface area contributed by atoms with E-state index in [1.54, 1.807) is 30.6 Å². The molecule has 0 unspecified atom stereocenters. The smallest absolute Gasteiger partial charge is 0.345 e. The van der Waals surface area contributed by atoms with Crippen molar-refractivity contribution in [2.75, 3.05) is 24.3 Å². The van der Waals surface area contributed by atoms with E-state index in [2.05, 4.69) is 15.3 Å². The number of hydrogen-bond donors (Lipinski definition) is 3. The first-order valence-corrected chi connectivity index (χ1v) is 8.82. The normalized spacial score (nSPS) is 15.1. The van der Waals surface area contributed by atoms with Crippen LogP contribution in [0.5, 0.6) is 0 Å². The van der Waals surface area contributed by atoms with E-state index in [0.29, 0.717) is 16.9 Å². The van der Waals surface area contributed by atoms with E-state index in [1.165, 1.54) is 6.08 Å². The van der Waals surface area contributed by atoms with Crippen molar-refractivity contribution in [3.05, 3.63) is 71.6 Å². The van der Waals surface area contributed by atoms with Gasteiger partial charge in [0, 0.05) is 48.8 Å². The lowest BCUT2D eigenvalue weighted by molar-refractivity contribution is -0.134. The SMILES string of the molecule is CN(C)c1ccc(NC2=C(C(=O)O)C(=O)/C(=C/c3c[nH]c4ncccc34)O2)cc1. The summed E-state index contributed by atoms with van der Waals surface area (Å²) in [5.41, 5.74) is 2.49. The number of rotatable bonds is 5. The first-order valence-electron chi connectivity index (χ1n) is 8.82. The highest BCUT2D eigenvalue weighted by Gasteiger charge is 2.36. The Bertz CT molecular complexity index is 1170. The van der Waals surface area contributed by atoms with Gasteiger partial charge in [-0.1, -0.05) is 0 Å². The molecule has 4 rings (SSSR count). The van der Waals surface area contributed by atoms with E-state index in [-0.39, 0.29) is 11.6 Å². The van der Waals surface area contributed by atoms with Gasteiger partial charge in [0.05, 0.1) is 0 Å². The Kier molecular flexibility index (Phi) is 4.52. The van der Waals surface area contributed by atoms with Crippen molar-refractivity contribution < 1.29 is 19.4 Å². The summed E-state index contributed by atoms with van der Waals surface area (Å²) in [7, 11) is 3.84. The Labute approximate surface area is 166 Å². The number of nitrogens with zero attached hydrogens (tertiary/aromatic N) is 2. The zero-order valence-corrected chi connectivity index (χ0v) is 15.8. The Balaban J connectivity index is 1.65. The molecule has 146 valence electrons. The van der Waals surface area contributed by atoms with Gasteiger partial charge in [-0.25, -0.2) is 9.78 Å². The largest absolute Gasteiger partial charge is 0.477 e. The van der Waals surface area contributed by atoms with Crippen LogP contribution in [-0.2, 0) is 14.3 Å². The lowest BCUT2D eigenvalue weighted by atomic mass is 10.1. The number of hydrogen-bond acceptors (Lipinski definition) is 6. The Morgan fingerprint density at radius 2 is 2.00 bits per heavy atom. The van der Waals surface area contributed by atoms with Crippen LogP contribution in [-0.4, -0.2) is 40.9 Å². The van der Waals surface area contributed by atoms with Crippen molar-refractivity contribution in [1.82, 2.24) is 9.97 Å². The quantitative estimate of drug-likeness (QED) is 0.454. The highest BCUT2D eigenvalue weighted by atomic mass is 16.5. The molecule has 0 atom stereocenters. The first-order chi connectivity index (χ1) is 13.9. The predicted octanol–water partition coefficient (Wildman–Crippen LogP) is 2.98. The number of Topliss-reactive ketones (excluding diaryl/α,β-unsaturated/α-hetero) is 1. The fourth-order valence-electron chi connectivity index (χ4n) is 3.02. The number of ketones is 1. The molecule has 3 aromatic rings. The third-order valence-corrected chi connectivity index (χ3v) is 4.52. The molecule has 3 heterocycles. The molecule has 0 fully saturated rings. The second-order valence-electron chi connectivity index (χ2n) is 6.66. The van der Waals surface area contributed by atoms with Gasteiger partial charge in [0.2, 0.25) is 11.7 Å². The predicted molar refractivity (Wildman–Crippen MR) is 109 cm³/mol. The molecule has 0 bridgehead atoms. The number of fused-ring (bicyclic) bond motifs is 1. The van der Waals surface area contributed by atoms with Gasteiger partial charge in [0.15, 0.2) is 11.3 Å². The first kappa shape index (κ1) is 18.3. The molecule has 0 aliphatic carbocycles. The maximum absolute atomic E-state index is 12.6. The average molecular weight is 390 g/mol. The fourth-order valence-corrected chi connectivity index (χ4v) is 3.02. The van der Waals surface area contributed by atoms with Crippen LogP contribution in [0, 0.1) is 0 Å². The van der Waals surface area contributed by atoms with Crippen LogP contribution >= 0.6 is 0 Å². The third-order valence-electron chi connectivity index (χ3n) is 4.52. The van der Waals surface area contributed by atoms with Gasteiger partial charge in [-0.3, -0.25) is 4.79 Å². The monoisotopic (exact) mass is 390 g/mol. The second kappa shape index (κ2) is 7.16. The Hall–Kier alpha value is -4.07. The number of aromatic nitrogens is 2. The molecule has 0 radical (unpaired) electrons. The molecule has 1 aliphatic heterocycles. The summed E-state index contributed by atoms with van der Waals surface area (Å²) in [4.78, 5) is 33.5. The van der Waals surface area contributed by atoms with Crippen LogP contribution in [0.15, 0.2) is 66.0 Å². The summed E-state index contributed by atoms with van der Waals surface area (Å²) in [6.07, 6.45) is 4.85. The zero-order valence-electron chi connectivity index (χ0n) is 15.8. The maximum atomic E-state index is 12.6. The number of carbonyl (C=O) groups excluding carboxylic acids is 1. The number of allylic oxidation sites excluding steroid dienone is 1. The molecule has 1 aliphatic rings. The molecule has 8 nitrogen and oxygen atoms in total. The summed E-state index contributed by atoms with van der Waals surface area (Å²) < 4.78 is 5.61. The highest BCUT2D eigenvalue weighted by molar-refractivity contribution is 6.26. The highest BCUT2D eigenvalue weighted by Crippen LogP contribution is 2.30. The minimum absolute atomic E-state index is 0.0698. The Morgan fingerprint density at radius 1 is 1.24 bits per heavy atom. The number of aromatic amines is 1. The number of aliphatic carboxylic acids is 1. The van der Waals surface area contributed by atoms with Gasteiger partial charge in [0.25, 0.3) is 0 Å². The topological polar surface area (TPSA) is 108 Å². The van der Waals surface area contributed by atoms with Gasteiger partial charge >= 0.3 is 5.97 Å². The van der Waals surface area contributed by atoms with E-state index in [1.807, 2.05) is 37.2 Å². The fraction of sp³-hybridized carbons (Fsp3) is 0.0952. The minimum Gasteiger partial charge on any atom is -0.477 e. The Morgan fingerprint density at radius 3 is 2.69 bits per heavy atom. The molecule has 2 aromatic heterocycles. The van der Waals surface area contributed by atoms with Crippen molar-refractivity contribution in [2.24, 2.45) is 0 Å². The van der Waals surface area contributed by atoms with Crippen molar-refractivity contribution in [2.45, 2.75) is 0 Å². The van der Waals surface area contributed by atoms with Crippen LogP contribution < -0.4 is 10.2 Å². The summed E-state index contributed by atoms with van der Waals surface area (Å²) in [5, 5.41) is 13.2. The van der Waals surface area contributed by atoms with Crippen LogP contribution in [0.25, 0.3) is 17.1 Å². The summed E-state index contributed by atoms with van der Waals surface area (Å²) in [5.74, 6) is -2.22. The summed E-state index contributed by atoms with van der Waals surface area (Å²) in [6.45, 7) is 0. The lowest BCUT2D eigenvalue weighted by Gasteiger charge is -2.13. The molecule has 0 amide bonds. The molecule has 1 aromatic carbocycles. The van der Waals surface area contributed by atoms with Crippen molar-refractivity contribution in [3.8, 4) is 0 Å². The number of pyridine rings is 1. The van der Waals surface area contributed by atoms with Crippen molar-refractivity contribution >= 4 is 40.2 Å². The lowest BCUT2D eigenvalue weighted by Crippen LogP contribution is -2.12. The van der Waals surface area contributed by atoms with Gasteiger partial charge in [-0.2, -0.15) is 0 Å². The molecule has 0 spiro atoms. The summed E-state index contributed by atoms with van der Waals surface area (Å²) in [6, 6.07) is 10.9. The molecule has 0 saturated heterocycles. The molecular formula is C21H18N4O4. The molecule has 0 saturated carbocycles. The van der Waals surface area contributed by atoms with E-state index >= 15 is 0 Å². The summed E-state index contributed by atoms with van der Waals surface area (Å²) >= 11 is 0. The van der Waals surface area contributed by atoms with Gasteiger partial charge in [-0.05, 0) is 42.5 Å². The van der Waals surface area contributed by atoms with E-state index in [0.717, 1.165) is 11.1 Å². The number of carboxylic acid groups (broad SMARTS) is 1. The van der Waals surface area contributed by atoms with Crippen LogP contribution in [0.2, 0.25) is 0 Å². The van der Waals surface area contributed by atoms with Crippen LogP contribution in [0.1, 0.15) is 5.56 Å². The van der Waals surface area contributed by atoms with Crippen LogP contribution in [0.4, 0.5) is 11.4 Å². The van der Waals surface area contributed by atoms with E-state index in [9.17, 15) is 14.7 Å². The van der Waals surface area contributed by atoms with Crippen LogP contribution in [0.3, 0.4) is 0 Å². The number of benzene rings is 1. The standard InChI is InChI=1S/C21H18N4O4/c1-25(2)14-7-5-13(6-8-14)24-20-17(21(27)28)18(26)16(29-20)10-12-11-23-19-15(12)4-3-9-22-19/h3-11,24H,1-2H3,(H,22,23)(H,27,28)/b16-10-. The number of anilines is 2. The average Bonchev–Trinajstić information content (AvgIpc) is 3.24. The second-order valence-corrected chi connectivity index (χ2v) is 6.66.